The van der Waals surface area contributed by atoms with Crippen molar-refractivity contribution in [2.45, 2.75) is 32.1 Å². The molecule has 0 atom stereocenters. The minimum absolute atomic E-state index is 0.105. The van der Waals surface area contributed by atoms with Crippen molar-refractivity contribution < 1.29 is 16.8 Å². The van der Waals surface area contributed by atoms with Crippen molar-refractivity contribution in [3.05, 3.63) is 52.2 Å². The average Bonchev–Trinajstić information content (AvgIpc) is 2.86. The van der Waals surface area contributed by atoms with Crippen molar-refractivity contribution in [1.29, 1.82) is 0 Å². The first kappa shape index (κ1) is 22.7. The number of aryl methyl sites for hydroxylation is 3. The minimum atomic E-state index is -3.74. The van der Waals surface area contributed by atoms with E-state index in [-0.39, 0.29) is 31.1 Å². The monoisotopic (exact) mass is 452 g/mol. The summed E-state index contributed by atoms with van der Waals surface area (Å²) in [7, 11) is -5.68. The SMILES string of the molecule is Cc1ccc(/C=C/S(=O)(=O)N2CCCN(S(=O)(=O)c3c(C)nn(C)c3C)CC2)cc1. The van der Waals surface area contributed by atoms with Crippen LogP contribution in [0.25, 0.3) is 6.08 Å². The number of nitrogens with zero attached hydrogens (tertiary/aromatic N) is 4. The Hall–Kier alpha value is -2.01. The summed E-state index contributed by atoms with van der Waals surface area (Å²) in [6.07, 6.45) is 1.99. The van der Waals surface area contributed by atoms with Gasteiger partial charge in [0.15, 0.2) is 0 Å². The zero-order chi connectivity index (χ0) is 22.1. The zero-order valence-corrected chi connectivity index (χ0v) is 19.4. The normalized spacial score (nSPS) is 17.5. The Morgan fingerprint density at radius 3 is 2.10 bits per heavy atom. The van der Waals surface area contributed by atoms with Crippen LogP contribution in [-0.4, -0.2) is 61.4 Å². The first-order chi connectivity index (χ1) is 14.0. The molecule has 0 N–H and O–H groups in total. The van der Waals surface area contributed by atoms with E-state index in [0.29, 0.717) is 17.8 Å². The molecule has 30 heavy (non-hydrogen) atoms. The van der Waals surface area contributed by atoms with E-state index >= 15 is 0 Å². The summed E-state index contributed by atoms with van der Waals surface area (Å²) in [5, 5.41) is 5.40. The second-order valence-electron chi connectivity index (χ2n) is 7.54. The van der Waals surface area contributed by atoms with Crippen LogP contribution in [0.3, 0.4) is 0 Å². The maximum Gasteiger partial charge on any atom is 0.246 e. The van der Waals surface area contributed by atoms with Gasteiger partial charge in [0.25, 0.3) is 0 Å². The molecule has 0 saturated carbocycles. The number of sulfonamides is 2. The molecule has 0 aliphatic carbocycles. The molecule has 0 amide bonds. The number of rotatable bonds is 5. The standard InChI is InChI=1S/C20H28N4O4S2/c1-16-6-8-19(9-7-16)10-15-29(25,26)23-11-5-12-24(14-13-23)30(27,28)20-17(2)21-22(4)18(20)3/h6-10,15H,5,11-14H2,1-4H3/b15-10+. The van der Waals surface area contributed by atoms with Gasteiger partial charge in [0.2, 0.25) is 20.0 Å². The largest absolute Gasteiger partial charge is 0.271 e. The molecule has 1 saturated heterocycles. The molecular formula is C20H28N4O4S2. The fourth-order valence-electron chi connectivity index (χ4n) is 3.55. The molecule has 2 aromatic rings. The molecule has 0 unspecified atom stereocenters. The Morgan fingerprint density at radius 1 is 0.900 bits per heavy atom. The summed E-state index contributed by atoms with van der Waals surface area (Å²) in [6.45, 7) is 6.12. The third-order valence-electron chi connectivity index (χ3n) is 5.32. The molecule has 1 aromatic heterocycles. The van der Waals surface area contributed by atoms with Crippen molar-refractivity contribution in [3.63, 3.8) is 0 Å². The molecule has 3 rings (SSSR count). The van der Waals surface area contributed by atoms with Crippen LogP contribution in [0.4, 0.5) is 0 Å². The van der Waals surface area contributed by atoms with Crippen molar-refractivity contribution in [1.82, 2.24) is 18.4 Å². The van der Waals surface area contributed by atoms with Gasteiger partial charge in [-0.3, -0.25) is 4.68 Å². The average molecular weight is 453 g/mol. The Kier molecular flexibility index (Phi) is 6.51. The highest BCUT2D eigenvalue weighted by Crippen LogP contribution is 2.24. The molecule has 0 radical (unpaired) electrons. The predicted molar refractivity (Wildman–Crippen MR) is 117 cm³/mol. The van der Waals surface area contributed by atoms with Crippen LogP contribution >= 0.6 is 0 Å². The molecule has 1 aliphatic rings. The van der Waals surface area contributed by atoms with Gasteiger partial charge in [-0.15, -0.1) is 0 Å². The lowest BCUT2D eigenvalue weighted by atomic mass is 10.2. The Bertz CT molecular complexity index is 1150. The van der Waals surface area contributed by atoms with Gasteiger partial charge >= 0.3 is 0 Å². The second-order valence-corrected chi connectivity index (χ2v) is 11.2. The summed E-state index contributed by atoms with van der Waals surface area (Å²) >= 11 is 0. The van der Waals surface area contributed by atoms with Crippen LogP contribution < -0.4 is 0 Å². The van der Waals surface area contributed by atoms with Crippen LogP contribution in [0.5, 0.6) is 0 Å². The number of hydrogen-bond acceptors (Lipinski definition) is 5. The third-order valence-corrected chi connectivity index (χ3v) is 9.04. The topological polar surface area (TPSA) is 92.6 Å². The van der Waals surface area contributed by atoms with Crippen LogP contribution in [0, 0.1) is 20.8 Å². The molecule has 2 heterocycles. The van der Waals surface area contributed by atoms with Crippen molar-refractivity contribution in [2.75, 3.05) is 26.2 Å². The molecule has 1 fully saturated rings. The van der Waals surface area contributed by atoms with Crippen LogP contribution in [0.2, 0.25) is 0 Å². The Morgan fingerprint density at radius 2 is 1.50 bits per heavy atom. The lowest BCUT2D eigenvalue weighted by Gasteiger charge is -2.21. The van der Waals surface area contributed by atoms with Gasteiger partial charge in [-0.1, -0.05) is 29.8 Å². The van der Waals surface area contributed by atoms with Gasteiger partial charge in [0.05, 0.1) is 11.4 Å². The first-order valence-corrected chi connectivity index (χ1v) is 12.7. The summed E-state index contributed by atoms with van der Waals surface area (Å²) in [6, 6.07) is 7.56. The lowest BCUT2D eigenvalue weighted by molar-refractivity contribution is 0.407. The summed E-state index contributed by atoms with van der Waals surface area (Å²) in [5.74, 6) is 0. The van der Waals surface area contributed by atoms with E-state index in [2.05, 4.69) is 5.10 Å². The van der Waals surface area contributed by atoms with E-state index in [4.69, 9.17) is 0 Å². The maximum atomic E-state index is 13.2. The van der Waals surface area contributed by atoms with Gasteiger partial charge < -0.3 is 0 Å². The minimum Gasteiger partial charge on any atom is -0.271 e. The summed E-state index contributed by atoms with van der Waals surface area (Å²) in [5.41, 5.74) is 2.92. The van der Waals surface area contributed by atoms with Gasteiger partial charge in [0, 0.05) is 38.6 Å². The fourth-order valence-corrected chi connectivity index (χ4v) is 6.64. The number of aromatic nitrogens is 2. The molecule has 164 valence electrons. The number of hydrogen-bond donors (Lipinski definition) is 0. The van der Waals surface area contributed by atoms with Crippen molar-refractivity contribution >= 4 is 26.1 Å². The van der Waals surface area contributed by atoms with Gasteiger partial charge in [-0.05, 0) is 38.8 Å². The molecule has 8 nitrogen and oxygen atoms in total. The lowest BCUT2D eigenvalue weighted by Crippen LogP contribution is -2.37. The van der Waals surface area contributed by atoms with E-state index in [1.165, 1.54) is 14.0 Å². The van der Waals surface area contributed by atoms with E-state index in [1.807, 2.05) is 31.2 Å². The summed E-state index contributed by atoms with van der Waals surface area (Å²) in [4.78, 5) is 0.209. The molecular weight excluding hydrogens is 424 g/mol. The fraction of sp³-hybridized carbons (Fsp3) is 0.450. The quantitative estimate of drug-likeness (QED) is 0.692. The molecule has 1 aromatic carbocycles. The van der Waals surface area contributed by atoms with E-state index in [1.54, 1.807) is 31.7 Å². The van der Waals surface area contributed by atoms with Gasteiger partial charge in [-0.25, -0.2) is 16.8 Å². The van der Waals surface area contributed by atoms with Crippen molar-refractivity contribution in [2.24, 2.45) is 7.05 Å². The van der Waals surface area contributed by atoms with Crippen LogP contribution in [-0.2, 0) is 27.1 Å². The Balaban J connectivity index is 1.76. The van der Waals surface area contributed by atoms with Crippen LogP contribution in [0.1, 0.15) is 28.9 Å². The van der Waals surface area contributed by atoms with Gasteiger partial charge in [-0.2, -0.15) is 13.7 Å². The first-order valence-electron chi connectivity index (χ1n) is 9.77. The maximum absolute atomic E-state index is 13.2. The summed E-state index contributed by atoms with van der Waals surface area (Å²) < 4.78 is 56.2. The van der Waals surface area contributed by atoms with E-state index < -0.39 is 20.0 Å². The zero-order valence-electron chi connectivity index (χ0n) is 17.7. The highest BCUT2D eigenvalue weighted by molar-refractivity contribution is 7.92. The second kappa shape index (κ2) is 8.62. The Labute approximate surface area is 178 Å². The molecule has 0 spiro atoms. The van der Waals surface area contributed by atoms with Crippen molar-refractivity contribution in [3.8, 4) is 0 Å². The third kappa shape index (κ3) is 4.66. The highest BCUT2D eigenvalue weighted by Gasteiger charge is 2.33. The van der Waals surface area contributed by atoms with E-state index in [0.717, 1.165) is 11.1 Å². The number of benzene rings is 1. The molecule has 0 bridgehead atoms. The van der Waals surface area contributed by atoms with Crippen LogP contribution in [0.15, 0.2) is 34.6 Å². The van der Waals surface area contributed by atoms with Gasteiger partial charge in [0.1, 0.15) is 4.90 Å². The smallest absolute Gasteiger partial charge is 0.246 e. The predicted octanol–water partition coefficient (Wildman–Crippen LogP) is 2.04. The highest BCUT2D eigenvalue weighted by atomic mass is 32.2. The molecule has 1 aliphatic heterocycles. The molecule has 10 heteroatoms. The van der Waals surface area contributed by atoms with E-state index in [9.17, 15) is 16.8 Å².